The normalized spacial score (nSPS) is 30.9. The molecular formula is C18H23NO2. The Morgan fingerprint density at radius 2 is 1.76 bits per heavy atom. The van der Waals surface area contributed by atoms with E-state index in [9.17, 15) is 9.59 Å². The first-order valence-electron chi connectivity index (χ1n) is 7.66. The van der Waals surface area contributed by atoms with Crippen LogP contribution in [0.3, 0.4) is 0 Å². The highest BCUT2D eigenvalue weighted by Gasteiger charge is 2.64. The Kier molecular flexibility index (Phi) is 2.85. The van der Waals surface area contributed by atoms with Gasteiger partial charge in [0.25, 0.3) is 0 Å². The van der Waals surface area contributed by atoms with Crippen molar-refractivity contribution >= 4 is 17.5 Å². The van der Waals surface area contributed by atoms with Crippen LogP contribution in [-0.2, 0) is 9.59 Å². The Labute approximate surface area is 126 Å². The number of aryl methyl sites for hydroxylation is 2. The number of amides is 2. The zero-order chi connectivity index (χ0) is 15.6. The molecule has 1 aromatic rings. The molecule has 0 unspecified atom stereocenters. The lowest BCUT2D eigenvalue weighted by molar-refractivity contribution is -0.146. The molecule has 112 valence electrons. The third-order valence-corrected chi connectivity index (χ3v) is 6.17. The summed E-state index contributed by atoms with van der Waals surface area (Å²) >= 11 is 0. The molecule has 3 rings (SSSR count). The maximum absolute atomic E-state index is 13.0. The van der Waals surface area contributed by atoms with Crippen LogP contribution in [0, 0.1) is 30.6 Å². The number of carbonyl (C=O) groups excluding carboxylic acids is 2. The SMILES string of the molecule is Cc1ccc(N2C(=O)[C@H]3CC[C@@](C)(C2=O)C3(C)C)cc1C. The minimum Gasteiger partial charge on any atom is -0.274 e. The van der Waals surface area contributed by atoms with Crippen molar-refractivity contribution < 1.29 is 9.59 Å². The third kappa shape index (κ3) is 1.66. The van der Waals surface area contributed by atoms with Crippen molar-refractivity contribution in [1.29, 1.82) is 0 Å². The topological polar surface area (TPSA) is 37.4 Å². The van der Waals surface area contributed by atoms with Crippen LogP contribution >= 0.6 is 0 Å². The average Bonchev–Trinajstić information content (AvgIpc) is 2.59. The number of piperidine rings is 1. The van der Waals surface area contributed by atoms with Crippen LogP contribution in [0.4, 0.5) is 5.69 Å². The number of imide groups is 1. The van der Waals surface area contributed by atoms with E-state index in [0.717, 1.165) is 24.1 Å². The Balaban J connectivity index is 2.11. The van der Waals surface area contributed by atoms with E-state index in [1.165, 1.54) is 10.5 Å². The Morgan fingerprint density at radius 1 is 1.10 bits per heavy atom. The summed E-state index contributed by atoms with van der Waals surface area (Å²) in [6, 6.07) is 5.82. The fourth-order valence-corrected chi connectivity index (χ4v) is 3.93. The van der Waals surface area contributed by atoms with Gasteiger partial charge in [0.2, 0.25) is 11.8 Å². The van der Waals surface area contributed by atoms with Crippen LogP contribution in [-0.4, -0.2) is 11.8 Å². The number of carbonyl (C=O) groups is 2. The maximum Gasteiger partial charge on any atom is 0.240 e. The molecule has 3 nitrogen and oxygen atoms in total. The van der Waals surface area contributed by atoms with E-state index in [2.05, 4.69) is 13.8 Å². The van der Waals surface area contributed by atoms with E-state index in [0.29, 0.717) is 0 Å². The molecule has 1 aliphatic carbocycles. The van der Waals surface area contributed by atoms with Crippen LogP contribution in [0.15, 0.2) is 18.2 Å². The van der Waals surface area contributed by atoms with E-state index in [1.807, 2.05) is 39.0 Å². The minimum absolute atomic E-state index is 0.0248. The molecule has 0 aromatic heterocycles. The first-order chi connectivity index (χ1) is 9.70. The van der Waals surface area contributed by atoms with Crippen molar-refractivity contribution in [3.8, 4) is 0 Å². The van der Waals surface area contributed by atoms with Gasteiger partial charge in [-0.2, -0.15) is 0 Å². The number of hydrogen-bond acceptors (Lipinski definition) is 2. The highest BCUT2D eigenvalue weighted by atomic mass is 16.2. The Morgan fingerprint density at radius 3 is 2.38 bits per heavy atom. The molecule has 1 heterocycles. The van der Waals surface area contributed by atoms with Crippen molar-refractivity contribution in [1.82, 2.24) is 0 Å². The predicted molar refractivity (Wildman–Crippen MR) is 83.0 cm³/mol. The van der Waals surface area contributed by atoms with Crippen molar-refractivity contribution in [2.24, 2.45) is 16.7 Å². The standard InChI is InChI=1S/C18H23NO2/c1-11-6-7-13(10-12(11)2)19-15(20)14-8-9-18(5,16(19)21)17(14,3)4/h6-7,10,14H,8-9H2,1-5H3/t14-,18+/m1/s1. The van der Waals surface area contributed by atoms with Crippen LogP contribution in [0.2, 0.25) is 0 Å². The first-order valence-corrected chi connectivity index (χ1v) is 7.66. The third-order valence-electron chi connectivity index (χ3n) is 6.17. The summed E-state index contributed by atoms with van der Waals surface area (Å²) < 4.78 is 0. The predicted octanol–water partition coefficient (Wildman–Crippen LogP) is 3.62. The fourth-order valence-electron chi connectivity index (χ4n) is 3.93. The van der Waals surface area contributed by atoms with Gasteiger partial charge in [0.15, 0.2) is 0 Å². The van der Waals surface area contributed by atoms with E-state index < -0.39 is 5.41 Å². The van der Waals surface area contributed by atoms with E-state index in [4.69, 9.17) is 0 Å². The number of benzene rings is 1. The molecule has 0 N–H and O–H groups in total. The number of rotatable bonds is 1. The quantitative estimate of drug-likeness (QED) is 0.739. The second-order valence-corrected chi connectivity index (χ2v) is 7.39. The summed E-state index contributed by atoms with van der Waals surface area (Å²) in [5, 5.41) is 0. The molecule has 1 aliphatic heterocycles. The summed E-state index contributed by atoms with van der Waals surface area (Å²) in [7, 11) is 0. The highest BCUT2D eigenvalue weighted by Crippen LogP contribution is 2.60. The molecule has 1 aromatic carbocycles. The van der Waals surface area contributed by atoms with Gasteiger partial charge in [0.05, 0.1) is 11.1 Å². The van der Waals surface area contributed by atoms with Crippen LogP contribution in [0.1, 0.15) is 44.7 Å². The molecule has 2 fully saturated rings. The maximum atomic E-state index is 13.0. The summed E-state index contributed by atoms with van der Waals surface area (Å²) in [6.07, 6.45) is 1.62. The summed E-state index contributed by atoms with van der Waals surface area (Å²) in [5.41, 5.74) is 2.31. The van der Waals surface area contributed by atoms with Crippen molar-refractivity contribution in [3.63, 3.8) is 0 Å². The average molecular weight is 285 g/mol. The number of fused-ring (bicyclic) bond motifs is 2. The second-order valence-electron chi connectivity index (χ2n) is 7.39. The minimum atomic E-state index is -0.440. The zero-order valence-electron chi connectivity index (χ0n) is 13.5. The first kappa shape index (κ1) is 14.3. The second kappa shape index (κ2) is 4.19. The molecule has 2 amide bonds. The molecule has 1 saturated heterocycles. The lowest BCUT2D eigenvalue weighted by Crippen LogP contribution is -2.59. The molecule has 2 bridgehead atoms. The van der Waals surface area contributed by atoms with Gasteiger partial charge >= 0.3 is 0 Å². The Hall–Kier alpha value is -1.64. The fraction of sp³-hybridized carbons (Fsp3) is 0.556. The van der Waals surface area contributed by atoms with E-state index >= 15 is 0 Å². The molecule has 0 radical (unpaired) electrons. The summed E-state index contributed by atoms with van der Waals surface area (Å²) in [6.45, 7) is 10.2. The van der Waals surface area contributed by atoms with Crippen LogP contribution in [0.5, 0.6) is 0 Å². The van der Waals surface area contributed by atoms with Gasteiger partial charge in [-0.05, 0) is 55.4 Å². The van der Waals surface area contributed by atoms with Gasteiger partial charge in [0.1, 0.15) is 0 Å². The monoisotopic (exact) mass is 285 g/mol. The van der Waals surface area contributed by atoms with Crippen molar-refractivity contribution in [3.05, 3.63) is 29.3 Å². The van der Waals surface area contributed by atoms with Gasteiger partial charge in [0, 0.05) is 5.92 Å². The molecule has 2 aliphatic rings. The highest BCUT2D eigenvalue weighted by molar-refractivity contribution is 6.20. The van der Waals surface area contributed by atoms with Crippen molar-refractivity contribution in [2.75, 3.05) is 4.90 Å². The molecule has 21 heavy (non-hydrogen) atoms. The molecule has 1 saturated carbocycles. The largest absolute Gasteiger partial charge is 0.274 e. The van der Waals surface area contributed by atoms with Gasteiger partial charge in [-0.3, -0.25) is 9.59 Å². The van der Waals surface area contributed by atoms with Crippen LogP contribution in [0.25, 0.3) is 0 Å². The number of nitrogens with zero attached hydrogens (tertiary/aromatic N) is 1. The van der Waals surface area contributed by atoms with Crippen LogP contribution < -0.4 is 4.90 Å². The molecule has 0 spiro atoms. The summed E-state index contributed by atoms with van der Waals surface area (Å²) in [5.74, 6) is -0.112. The van der Waals surface area contributed by atoms with Gasteiger partial charge in [-0.15, -0.1) is 0 Å². The molecule has 3 heteroatoms. The van der Waals surface area contributed by atoms with Crippen molar-refractivity contribution in [2.45, 2.75) is 47.5 Å². The smallest absolute Gasteiger partial charge is 0.240 e. The zero-order valence-corrected chi connectivity index (χ0v) is 13.5. The number of anilines is 1. The van der Waals surface area contributed by atoms with E-state index in [-0.39, 0.29) is 23.1 Å². The van der Waals surface area contributed by atoms with Gasteiger partial charge < -0.3 is 0 Å². The van der Waals surface area contributed by atoms with Gasteiger partial charge in [-0.1, -0.05) is 26.8 Å². The Bertz CT molecular complexity index is 647. The van der Waals surface area contributed by atoms with E-state index in [1.54, 1.807) is 0 Å². The lowest BCUT2D eigenvalue weighted by Gasteiger charge is -2.47. The molecular weight excluding hydrogens is 262 g/mol. The van der Waals surface area contributed by atoms with Gasteiger partial charge in [-0.25, -0.2) is 4.90 Å². The lowest BCUT2D eigenvalue weighted by atomic mass is 9.62. The molecule has 2 atom stereocenters. The number of hydrogen-bond donors (Lipinski definition) is 0. The summed E-state index contributed by atoms with van der Waals surface area (Å²) in [4.78, 5) is 27.3.